The van der Waals surface area contributed by atoms with E-state index in [4.69, 9.17) is 13.0 Å². The molecule has 1 aromatic carbocycles. The summed E-state index contributed by atoms with van der Waals surface area (Å²) in [4.78, 5) is 12.8. The molecular weight excluding hydrogens is 425 g/mol. The van der Waals surface area contributed by atoms with Gasteiger partial charge in [-0.05, 0) is 32.0 Å². The molecule has 4 unspecified atom stereocenters. The minimum absolute atomic E-state index is 0.0340. The highest BCUT2D eigenvalue weighted by molar-refractivity contribution is 5.76. The number of ether oxygens (including phenoxy) is 1. The van der Waals surface area contributed by atoms with Crippen LogP contribution in [0.15, 0.2) is 18.3 Å². The van der Waals surface area contributed by atoms with E-state index >= 15 is 0 Å². The van der Waals surface area contributed by atoms with E-state index in [2.05, 4.69) is 25.6 Å². The molecule has 1 aliphatic carbocycles. The summed E-state index contributed by atoms with van der Waals surface area (Å²) in [5.74, 6) is -3.68. The number of benzene rings is 1. The zero-order chi connectivity index (χ0) is 27.6. The summed E-state index contributed by atoms with van der Waals surface area (Å²) in [6, 6.07) is -0.864. The van der Waals surface area contributed by atoms with Crippen molar-refractivity contribution >= 4 is 28.7 Å². The van der Waals surface area contributed by atoms with Crippen molar-refractivity contribution < 1.29 is 31.2 Å². The van der Waals surface area contributed by atoms with Crippen LogP contribution in [0.2, 0.25) is 0 Å². The van der Waals surface area contributed by atoms with Crippen LogP contribution in [0.25, 0.3) is 11.2 Å². The number of rotatable bonds is 5. The van der Waals surface area contributed by atoms with Crippen LogP contribution in [0, 0.1) is 17.5 Å². The number of nitrogens with one attached hydrogen (secondary N) is 2. The van der Waals surface area contributed by atoms with Gasteiger partial charge in [0, 0.05) is 31.6 Å². The predicted octanol–water partition coefficient (Wildman–Crippen LogP) is 3.66. The van der Waals surface area contributed by atoms with E-state index < -0.39 is 60.8 Å². The third kappa shape index (κ3) is 4.09. The summed E-state index contributed by atoms with van der Waals surface area (Å²) in [6.45, 7) is 0.622. The molecule has 170 valence electrons. The normalized spacial score (nSPS) is 34.1. The Hall–Kier alpha value is -2.92. The second-order valence-corrected chi connectivity index (χ2v) is 7.36. The fourth-order valence-electron chi connectivity index (χ4n) is 3.62. The third-order valence-corrected chi connectivity index (χ3v) is 5.14. The maximum Gasteiger partial charge on any atom is 0.224 e. The lowest BCUT2D eigenvalue weighted by atomic mass is 9.93. The molecule has 0 amide bonds. The maximum atomic E-state index is 14.4. The van der Waals surface area contributed by atoms with Crippen molar-refractivity contribution in [3.8, 4) is 0 Å². The first-order valence-electron chi connectivity index (χ1n) is 12.9. The first-order chi connectivity index (χ1) is 17.7. The van der Waals surface area contributed by atoms with E-state index in [1.54, 1.807) is 0 Å². The van der Waals surface area contributed by atoms with Crippen molar-refractivity contribution in [2.45, 2.75) is 50.1 Å². The summed E-state index contributed by atoms with van der Waals surface area (Å²) >= 11 is 0. The molecule has 0 radical (unpaired) electrons. The number of imidazole rings is 1. The quantitative estimate of drug-likeness (QED) is 0.541. The highest BCUT2D eigenvalue weighted by atomic mass is 19.1. The molecule has 3 aromatic rings. The average molecular weight is 454 g/mol. The van der Waals surface area contributed by atoms with E-state index in [9.17, 15) is 18.3 Å². The number of anilines is 3. The number of aliphatic hydroxyl groups is 1. The predicted molar refractivity (Wildman–Crippen MR) is 111 cm³/mol. The molecule has 4 atom stereocenters. The lowest BCUT2D eigenvalue weighted by molar-refractivity contribution is 0.126. The molecule has 1 saturated heterocycles. The molecule has 0 bridgehead atoms. The Bertz CT molecular complexity index is 1360. The number of hydrogen-bond acceptors (Lipinski definition) is 7. The van der Waals surface area contributed by atoms with Gasteiger partial charge in [0.2, 0.25) is 11.9 Å². The zero-order valence-corrected chi connectivity index (χ0v) is 16.6. The SMILES string of the molecule is [2H]C1C(Nc2ncc3nc(Nc4c(F)cc(F)cc4F)n(C4CCOC4)c3n2)C([2H])([2H])CC([2H])(O)C1([2H])[2H]. The highest BCUT2D eigenvalue weighted by Crippen LogP contribution is 2.32. The van der Waals surface area contributed by atoms with E-state index in [1.165, 1.54) is 10.8 Å². The minimum atomic E-state index is -2.82. The Morgan fingerprint density at radius 2 is 2.00 bits per heavy atom. The first-order valence-corrected chi connectivity index (χ1v) is 9.87. The lowest BCUT2D eigenvalue weighted by Gasteiger charge is -2.26. The van der Waals surface area contributed by atoms with Crippen LogP contribution in [0.4, 0.5) is 30.8 Å². The van der Waals surface area contributed by atoms with E-state index in [0.29, 0.717) is 25.2 Å². The second kappa shape index (κ2) is 8.55. The molecular formula is C21H23F3N6O2. The molecule has 2 aromatic heterocycles. The van der Waals surface area contributed by atoms with Crippen LogP contribution in [-0.2, 0) is 4.74 Å². The van der Waals surface area contributed by atoms with Crippen LogP contribution >= 0.6 is 0 Å². The summed E-state index contributed by atoms with van der Waals surface area (Å²) in [7, 11) is 0. The number of hydrogen-bond donors (Lipinski definition) is 3. The van der Waals surface area contributed by atoms with Gasteiger partial charge in [-0.3, -0.25) is 4.57 Å². The number of nitrogens with zero attached hydrogens (tertiary/aromatic N) is 4. The molecule has 11 heteroatoms. The number of halogens is 3. The third-order valence-electron chi connectivity index (χ3n) is 5.14. The van der Waals surface area contributed by atoms with Gasteiger partial charge in [0.1, 0.15) is 17.0 Å². The maximum absolute atomic E-state index is 14.4. The lowest BCUT2D eigenvalue weighted by Crippen LogP contribution is -2.29. The monoisotopic (exact) mass is 454 g/mol. The molecule has 8 nitrogen and oxygen atoms in total. The van der Waals surface area contributed by atoms with Crippen LogP contribution in [0.3, 0.4) is 0 Å². The first kappa shape index (κ1) is 15.0. The van der Waals surface area contributed by atoms with Crippen LogP contribution in [-0.4, -0.2) is 50.0 Å². The standard InChI is InChI=1S/C21H23F3N6O2/c22-11-7-15(23)18(16(24)8-11)28-21-27-17-9-25-20(26-12-1-3-14(31)4-2-12)29-19(17)30(21)13-5-6-32-10-13/h7-9,12-14,31H,1-6,10H2,(H,27,28)(H,25,26,29)/i1D,2D2,3D2,14D. The molecule has 32 heavy (non-hydrogen) atoms. The van der Waals surface area contributed by atoms with Gasteiger partial charge in [-0.15, -0.1) is 0 Å². The van der Waals surface area contributed by atoms with Crippen molar-refractivity contribution in [1.29, 1.82) is 0 Å². The van der Waals surface area contributed by atoms with Gasteiger partial charge >= 0.3 is 0 Å². The second-order valence-electron chi connectivity index (χ2n) is 7.36. The van der Waals surface area contributed by atoms with Gasteiger partial charge in [0.15, 0.2) is 17.3 Å². The Morgan fingerprint density at radius 3 is 2.75 bits per heavy atom. The Morgan fingerprint density at radius 1 is 1.19 bits per heavy atom. The van der Waals surface area contributed by atoms with Gasteiger partial charge in [-0.2, -0.15) is 4.98 Å². The average Bonchev–Trinajstić information content (AvgIpc) is 3.44. The fourth-order valence-corrected chi connectivity index (χ4v) is 3.62. The summed E-state index contributed by atoms with van der Waals surface area (Å²) < 4.78 is 97.7. The summed E-state index contributed by atoms with van der Waals surface area (Å²) in [5.41, 5.74) is -0.273. The minimum Gasteiger partial charge on any atom is -0.393 e. The van der Waals surface area contributed by atoms with Crippen molar-refractivity contribution in [3.05, 3.63) is 35.8 Å². The molecule has 1 aliphatic heterocycles. The summed E-state index contributed by atoms with van der Waals surface area (Å²) in [6.07, 6.45) is -9.01. The molecule has 3 N–H and O–H groups in total. The Balaban J connectivity index is 1.54. The van der Waals surface area contributed by atoms with Gasteiger partial charge < -0.3 is 20.5 Å². The number of aromatic nitrogens is 4. The molecule has 2 aliphatic rings. The van der Waals surface area contributed by atoms with Crippen molar-refractivity contribution in [3.63, 3.8) is 0 Å². The van der Waals surface area contributed by atoms with E-state index in [0.717, 1.165) is 0 Å². The summed E-state index contributed by atoms with van der Waals surface area (Å²) in [5, 5.41) is 15.3. The molecule has 0 spiro atoms. The fraction of sp³-hybridized carbons (Fsp3) is 0.476. The van der Waals surface area contributed by atoms with Gasteiger partial charge in [-0.25, -0.2) is 23.1 Å². The Kier molecular flexibility index (Phi) is 4.01. The molecule has 5 rings (SSSR count). The largest absolute Gasteiger partial charge is 0.393 e. The zero-order valence-electron chi connectivity index (χ0n) is 22.6. The molecule has 1 saturated carbocycles. The van der Waals surface area contributed by atoms with Crippen molar-refractivity contribution in [1.82, 2.24) is 19.5 Å². The molecule has 2 fully saturated rings. The van der Waals surface area contributed by atoms with Gasteiger partial charge in [0.25, 0.3) is 0 Å². The van der Waals surface area contributed by atoms with Gasteiger partial charge in [0.05, 0.1) is 26.3 Å². The topological polar surface area (TPSA) is 97.1 Å². The van der Waals surface area contributed by atoms with E-state index in [-0.39, 0.29) is 35.7 Å². The van der Waals surface area contributed by atoms with Crippen LogP contribution in [0.1, 0.15) is 46.3 Å². The van der Waals surface area contributed by atoms with Crippen LogP contribution < -0.4 is 10.6 Å². The smallest absolute Gasteiger partial charge is 0.224 e. The van der Waals surface area contributed by atoms with Crippen LogP contribution in [0.5, 0.6) is 0 Å². The Labute approximate surface area is 190 Å². The van der Waals surface area contributed by atoms with Gasteiger partial charge in [-0.1, -0.05) is 0 Å². The molecule has 3 heterocycles. The van der Waals surface area contributed by atoms with Crippen molar-refractivity contribution in [2.75, 3.05) is 23.8 Å². The van der Waals surface area contributed by atoms with Crippen molar-refractivity contribution in [2.24, 2.45) is 0 Å². The van der Waals surface area contributed by atoms with E-state index in [1.807, 2.05) is 0 Å². The highest BCUT2D eigenvalue weighted by Gasteiger charge is 2.27. The number of fused-ring (bicyclic) bond motifs is 1.